The van der Waals surface area contributed by atoms with Crippen LogP contribution in [0.4, 0.5) is 0 Å². The van der Waals surface area contributed by atoms with Crippen LogP contribution in [0.1, 0.15) is 39.0 Å². The number of nitrogens with two attached hydrogens (primary N) is 1. The Hall–Kier alpha value is -0.410. The molecule has 1 aliphatic heterocycles. The van der Waals surface area contributed by atoms with Gasteiger partial charge in [-0.25, -0.2) is 0 Å². The van der Waals surface area contributed by atoms with Crippen molar-refractivity contribution in [1.82, 2.24) is 0 Å². The molecule has 1 heterocycles. The van der Waals surface area contributed by atoms with Gasteiger partial charge in [-0.05, 0) is 25.2 Å². The van der Waals surface area contributed by atoms with E-state index >= 15 is 0 Å². The van der Waals surface area contributed by atoms with Crippen LogP contribution in [0.2, 0.25) is 0 Å². The maximum absolute atomic E-state index is 11.6. The molecule has 0 radical (unpaired) electrons. The average molecular weight is 199 g/mol. The van der Waals surface area contributed by atoms with E-state index in [1.54, 1.807) is 0 Å². The first-order valence-electron chi connectivity index (χ1n) is 5.57. The van der Waals surface area contributed by atoms with E-state index in [1.165, 1.54) is 0 Å². The Morgan fingerprint density at radius 2 is 2.14 bits per heavy atom. The van der Waals surface area contributed by atoms with Crippen LogP contribution in [0.3, 0.4) is 0 Å². The molecular formula is C11H21NO2. The third-order valence-corrected chi connectivity index (χ3v) is 2.87. The van der Waals surface area contributed by atoms with Gasteiger partial charge in [0, 0.05) is 32.1 Å². The lowest BCUT2D eigenvalue weighted by molar-refractivity contribution is -0.120. The van der Waals surface area contributed by atoms with Gasteiger partial charge in [-0.15, -0.1) is 0 Å². The second-order valence-electron chi connectivity index (χ2n) is 4.17. The second kappa shape index (κ2) is 6.14. The van der Waals surface area contributed by atoms with Gasteiger partial charge in [0.15, 0.2) is 0 Å². The molecule has 0 aromatic heterocycles. The highest BCUT2D eigenvalue weighted by atomic mass is 16.5. The molecule has 0 aromatic rings. The summed E-state index contributed by atoms with van der Waals surface area (Å²) in [5.41, 5.74) is 5.73. The zero-order valence-electron chi connectivity index (χ0n) is 9.00. The molecule has 0 bridgehead atoms. The largest absolute Gasteiger partial charge is 0.381 e. The molecule has 1 fully saturated rings. The number of ether oxygens (including phenoxy) is 1. The Morgan fingerprint density at radius 3 is 2.71 bits per heavy atom. The SMILES string of the molecule is CCC(N)CC(=O)CC1CCOCC1. The zero-order chi connectivity index (χ0) is 10.4. The van der Waals surface area contributed by atoms with Crippen LogP contribution in [0.5, 0.6) is 0 Å². The van der Waals surface area contributed by atoms with E-state index in [0.29, 0.717) is 24.5 Å². The molecule has 0 spiro atoms. The van der Waals surface area contributed by atoms with Gasteiger partial charge in [-0.2, -0.15) is 0 Å². The van der Waals surface area contributed by atoms with E-state index in [4.69, 9.17) is 10.5 Å². The summed E-state index contributed by atoms with van der Waals surface area (Å²) in [4.78, 5) is 11.6. The third-order valence-electron chi connectivity index (χ3n) is 2.87. The molecule has 3 heteroatoms. The van der Waals surface area contributed by atoms with Gasteiger partial charge in [0.25, 0.3) is 0 Å². The lowest BCUT2D eigenvalue weighted by Crippen LogP contribution is -2.25. The molecule has 82 valence electrons. The molecule has 1 rings (SSSR count). The van der Waals surface area contributed by atoms with Crippen LogP contribution in [-0.2, 0) is 9.53 Å². The summed E-state index contributed by atoms with van der Waals surface area (Å²) in [7, 11) is 0. The summed E-state index contributed by atoms with van der Waals surface area (Å²) in [5.74, 6) is 0.867. The first-order valence-corrected chi connectivity index (χ1v) is 5.57. The van der Waals surface area contributed by atoms with E-state index < -0.39 is 0 Å². The second-order valence-corrected chi connectivity index (χ2v) is 4.17. The Labute approximate surface area is 86.0 Å². The fourth-order valence-corrected chi connectivity index (χ4v) is 1.79. The summed E-state index contributed by atoms with van der Waals surface area (Å²) in [5, 5.41) is 0. The highest BCUT2D eigenvalue weighted by molar-refractivity contribution is 5.79. The van der Waals surface area contributed by atoms with E-state index in [9.17, 15) is 4.79 Å². The molecule has 0 saturated carbocycles. The van der Waals surface area contributed by atoms with Gasteiger partial charge < -0.3 is 10.5 Å². The van der Waals surface area contributed by atoms with Gasteiger partial charge in [-0.3, -0.25) is 4.79 Å². The zero-order valence-corrected chi connectivity index (χ0v) is 9.00. The topological polar surface area (TPSA) is 52.3 Å². The highest BCUT2D eigenvalue weighted by Gasteiger charge is 2.18. The summed E-state index contributed by atoms with van der Waals surface area (Å²) < 4.78 is 5.25. The lowest BCUT2D eigenvalue weighted by Gasteiger charge is -2.21. The smallest absolute Gasteiger partial charge is 0.134 e. The van der Waals surface area contributed by atoms with Gasteiger partial charge in [0.05, 0.1) is 0 Å². The van der Waals surface area contributed by atoms with Gasteiger partial charge >= 0.3 is 0 Å². The molecule has 14 heavy (non-hydrogen) atoms. The summed E-state index contributed by atoms with van der Waals surface area (Å²) in [6, 6.07) is 0.0577. The number of carbonyl (C=O) groups is 1. The maximum atomic E-state index is 11.6. The fraction of sp³-hybridized carbons (Fsp3) is 0.909. The Kier molecular flexibility index (Phi) is 5.12. The van der Waals surface area contributed by atoms with Crippen LogP contribution in [0.15, 0.2) is 0 Å². The standard InChI is InChI=1S/C11H21NO2/c1-2-10(12)8-11(13)7-9-3-5-14-6-4-9/h9-10H,2-8,12H2,1H3. The van der Waals surface area contributed by atoms with E-state index in [0.717, 1.165) is 32.5 Å². The van der Waals surface area contributed by atoms with E-state index in [2.05, 4.69) is 0 Å². The molecule has 1 aliphatic rings. The van der Waals surface area contributed by atoms with Crippen molar-refractivity contribution in [3.05, 3.63) is 0 Å². The first-order chi connectivity index (χ1) is 6.72. The molecule has 0 aliphatic carbocycles. The molecule has 1 unspecified atom stereocenters. The van der Waals surface area contributed by atoms with Gasteiger partial charge in [-0.1, -0.05) is 6.92 Å². The van der Waals surface area contributed by atoms with Crippen molar-refractivity contribution in [2.45, 2.75) is 45.1 Å². The van der Waals surface area contributed by atoms with Gasteiger partial charge in [0.2, 0.25) is 0 Å². The van der Waals surface area contributed by atoms with Crippen molar-refractivity contribution in [2.24, 2.45) is 11.7 Å². The van der Waals surface area contributed by atoms with Crippen LogP contribution in [0.25, 0.3) is 0 Å². The minimum Gasteiger partial charge on any atom is -0.381 e. The predicted octanol–water partition coefficient (Wildman–Crippen LogP) is 1.50. The van der Waals surface area contributed by atoms with Crippen molar-refractivity contribution in [2.75, 3.05) is 13.2 Å². The number of ketones is 1. The summed E-state index contributed by atoms with van der Waals surface area (Å²) in [6.07, 6.45) is 4.21. The van der Waals surface area contributed by atoms with Crippen LogP contribution in [0, 0.1) is 5.92 Å². The van der Waals surface area contributed by atoms with E-state index in [1.807, 2.05) is 6.92 Å². The summed E-state index contributed by atoms with van der Waals surface area (Å²) in [6.45, 7) is 3.65. The number of Topliss-reactive ketones (excluding diaryl/α,β-unsaturated/α-hetero) is 1. The minimum absolute atomic E-state index is 0.0577. The van der Waals surface area contributed by atoms with Crippen molar-refractivity contribution in [1.29, 1.82) is 0 Å². The van der Waals surface area contributed by atoms with Crippen molar-refractivity contribution in [3.8, 4) is 0 Å². The first kappa shape index (κ1) is 11.7. The highest BCUT2D eigenvalue weighted by Crippen LogP contribution is 2.19. The quantitative estimate of drug-likeness (QED) is 0.730. The van der Waals surface area contributed by atoms with Crippen molar-refractivity contribution >= 4 is 5.78 Å². The lowest BCUT2D eigenvalue weighted by atomic mass is 9.92. The number of rotatable bonds is 5. The Bertz CT molecular complexity index is 176. The molecule has 2 N–H and O–H groups in total. The Morgan fingerprint density at radius 1 is 1.50 bits per heavy atom. The number of hydrogen-bond acceptors (Lipinski definition) is 3. The summed E-state index contributed by atoms with van der Waals surface area (Å²) >= 11 is 0. The predicted molar refractivity (Wildman–Crippen MR) is 56.1 cm³/mol. The minimum atomic E-state index is 0.0577. The molecular weight excluding hydrogens is 178 g/mol. The van der Waals surface area contributed by atoms with Crippen LogP contribution >= 0.6 is 0 Å². The molecule has 1 atom stereocenters. The van der Waals surface area contributed by atoms with Gasteiger partial charge in [0.1, 0.15) is 5.78 Å². The molecule has 0 amide bonds. The molecule has 3 nitrogen and oxygen atoms in total. The fourth-order valence-electron chi connectivity index (χ4n) is 1.79. The monoisotopic (exact) mass is 199 g/mol. The van der Waals surface area contributed by atoms with Crippen LogP contribution in [-0.4, -0.2) is 25.0 Å². The van der Waals surface area contributed by atoms with Crippen molar-refractivity contribution in [3.63, 3.8) is 0 Å². The van der Waals surface area contributed by atoms with E-state index in [-0.39, 0.29) is 6.04 Å². The van der Waals surface area contributed by atoms with Crippen molar-refractivity contribution < 1.29 is 9.53 Å². The Balaban J connectivity index is 2.18. The maximum Gasteiger partial charge on any atom is 0.134 e. The number of carbonyl (C=O) groups excluding carboxylic acids is 1. The molecule has 1 saturated heterocycles. The third kappa shape index (κ3) is 4.20. The average Bonchev–Trinajstić information content (AvgIpc) is 2.19. The number of hydrogen-bond donors (Lipinski definition) is 1. The normalized spacial score (nSPS) is 20.7. The molecule has 0 aromatic carbocycles. The van der Waals surface area contributed by atoms with Crippen LogP contribution < -0.4 is 5.73 Å².